The van der Waals surface area contributed by atoms with Gasteiger partial charge in [-0.25, -0.2) is 4.39 Å². The second-order valence-corrected chi connectivity index (χ2v) is 8.07. The zero-order valence-corrected chi connectivity index (χ0v) is 18.6. The van der Waals surface area contributed by atoms with Crippen LogP contribution in [0.4, 0.5) is 15.8 Å². The molecule has 7 heteroatoms. The Bertz CT molecular complexity index is 1020. The molecular weight excluding hydrogens is 405 g/mol. The standard InChI is InChI=1S/C25H30FN5O/c1-18-11-13-31(17-30-18)23-10-5-19(15-24(23)32-2)14-20-4-3-12-27-25(20)29-16-28-22-8-6-21(26)7-9-22/h5-10,14-15,17-18,28H,3-4,11-13,16H2,1-2H3,(H,27,29)/b20-14+. The van der Waals surface area contributed by atoms with Crippen LogP contribution in [0.1, 0.15) is 31.7 Å². The van der Waals surface area contributed by atoms with Gasteiger partial charge >= 0.3 is 0 Å². The van der Waals surface area contributed by atoms with Crippen LogP contribution in [0.5, 0.6) is 5.75 Å². The van der Waals surface area contributed by atoms with Gasteiger partial charge in [0.05, 0.1) is 31.8 Å². The maximum atomic E-state index is 13.1. The van der Waals surface area contributed by atoms with Crippen LogP contribution in [0.25, 0.3) is 6.08 Å². The van der Waals surface area contributed by atoms with Crippen molar-refractivity contribution in [2.75, 3.05) is 37.1 Å². The van der Waals surface area contributed by atoms with E-state index in [-0.39, 0.29) is 5.82 Å². The second-order valence-electron chi connectivity index (χ2n) is 8.07. The summed E-state index contributed by atoms with van der Waals surface area (Å²) in [5, 5.41) is 6.62. The van der Waals surface area contributed by atoms with Crippen molar-refractivity contribution in [3.8, 4) is 5.75 Å². The molecule has 0 aliphatic carbocycles. The number of hydrogen-bond acceptors (Lipinski definition) is 6. The normalized spacial score (nSPS) is 19.6. The fourth-order valence-electron chi connectivity index (χ4n) is 3.85. The van der Waals surface area contributed by atoms with Gasteiger partial charge in [0.1, 0.15) is 17.4 Å². The van der Waals surface area contributed by atoms with Crippen LogP contribution in [0.3, 0.4) is 0 Å². The minimum atomic E-state index is -0.242. The topological polar surface area (TPSA) is 61.2 Å². The Morgan fingerprint density at radius 2 is 2.03 bits per heavy atom. The molecule has 1 unspecified atom stereocenters. The number of anilines is 2. The fraction of sp³-hybridized carbons (Fsp3) is 0.360. The van der Waals surface area contributed by atoms with Crippen LogP contribution in [0, 0.1) is 5.82 Å². The molecule has 32 heavy (non-hydrogen) atoms. The van der Waals surface area contributed by atoms with Gasteiger partial charge in [-0.2, -0.15) is 0 Å². The molecule has 2 aliphatic heterocycles. The molecule has 6 nitrogen and oxygen atoms in total. The molecule has 0 saturated heterocycles. The molecular formula is C25H30FN5O. The number of nitrogens with zero attached hydrogens (tertiary/aromatic N) is 3. The van der Waals surface area contributed by atoms with Gasteiger partial charge in [0.2, 0.25) is 0 Å². The average molecular weight is 436 g/mol. The number of amidine groups is 1. The lowest BCUT2D eigenvalue weighted by Crippen LogP contribution is -2.32. The number of halogens is 1. The molecule has 0 radical (unpaired) electrons. The van der Waals surface area contributed by atoms with E-state index < -0.39 is 0 Å². The molecule has 2 N–H and O–H groups in total. The van der Waals surface area contributed by atoms with Gasteiger partial charge in [-0.15, -0.1) is 0 Å². The third-order valence-electron chi connectivity index (χ3n) is 5.67. The number of aliphatic imine (C=N–C) groups is 2. The van der Waals surface area contributed by atoms with Crippen molar-refractivity contribution in [1.29, 1.82) is 0 Å². The molecule has 2 aromatic carbocycles. The van der Waals surface area contributed by atoms with Gasteiger partial charge in [0.15, 0.2) is 0 Å². The van der Waals surface area contributed by atoms with Gasteiger partial charge < -0.3 is 20.3 Å². The lowest BCUT2D eigenvalue weighted by molar-refractivity contribution is 0.415. The van der Waals surface area contributed by atoms with Crippen LogP contribution in [-0.2, 0) is 0 Å². The Balaban J connectivity index is 1.46. The Hall–Kier alpha value is -3.35. The molecule has 0 aromatic heterocycles. The summed E-state index contributed by atoms with van der Waals surface area (Å²) in [7, 11) is 1.70. The average Bonchev–Trinajstić information content (AvgIpc) is 2.82. The smallest absolute Gasteiger partial charge is 0.143 e. The molecule has 0 fully saturated rings. The predicted molar refractivity (Wildman–Crippen MR) is 130 cm³/mol. The zero-order chi connectivity index (χ0) is 22.3. The first-order chi connectivity index (χ1) is 15.6. The zero-order valence-electron chi connectivity index (χ0n) is 18.6. The number of methoxy groups -OCH3 is 1. The van der Waals surface area contributed by atoms with Crippen molar-refractivity contribution in [2.45, 2.75) is 32.2 Å². The van der Waals surface area contributed by atoms with Gasteiger partial charge in [0, 0.05) is 18.8 Å². The predicted octanol–water partition coefficient (Wildman–Crippen LogP) is 4.70. The van der Waals surface area contributed by atoms with Crippen molar-refractivity contribution in [1.82, 2.24) is 5.32 Å². The maximum Gasteiger partial charge on any atom is 0.143 e. The lowest BCUT2D eigenvalue weighted by Gasteiger charge is -2.27. The van der Waals surface area contributed by atoms with Crippen LogP contribution in [0.15, 0.2) is 58.0 Å². The monoisotopic (exact) mass is 435 g/mol. The van der Waals surface area contributed by atoms with E-state index in [0.717, 1.165) is 60.9 Å². The van der Waals surface area contributed by atoms with E-state index in [0.29, 0.717) is 12.7 Å². The van der Waals surface area contributed by atoms with Crippen molar-refractivity contribution < 1.29 is 9.13 Å². The minimum Gasteiger partial charge on any atom is -0.495 e. The molecule has 0 saturated carbocycles. The first-order valence-electron chi connectivity index (χ1n) is 11.1. The molecule has 0 amide bonds. The summed E-state index contributed by atoms with van der Waals surface area (Å²) in [5.74, 6) is 1.49. The van der Waals surface area contributed by atoms with Crippen molar-refractivity contribution in [3.05, 3.63) is 59.4 Å². The highest BCUT2D eigenvalue weighted by Gasteiger charge is 2.17. The van der Waals surface area contributed by atoms with Gasteiger partial charge in [-0.1, -0.05) is 6.07 Å². The summed E-state index contributed by atoms with van der Waals surface area (Å²) in [6.07, 6.45) is 7.10. The van der Waals surface area contributed by atoms with Gasteiger partial charge in [-0.3, -0.25) is 9.98 Å². The highest BCUT2D eigenvalue weighted by atomic mass is 19.1. The number of rotatable bonds is 6. The Kier molecular flexibility index (Phi) is 7.04. The summed E-state index contributed by atoms with van der Waals surface area (Å²) in [6.45, 7) is 4.39. The molecule has 2 aliphatic rings. The highest BCUT2D eigenvalue weighted by molar-refractivity contribution is 6.02. The lowest BCUT2D eigenvalue weighted by atomic mass is 10.0. The van der Waals surface area contributed by atoms with E-state index in [9.17, 15) is 4.39 Å². The van der Waals surface area contributed by atoms with E-state index in [1.54, 1.807) is 19.2 Å². The summed E-state index contributed by atoms with van der Waals surface area (Å²) >= 11 is 0. The third-order valence-corrected chi connectivity index (χ3v) is 5.67. The largest absolute Gasteiger partial charge is 0.495 e. The molecule has 1 atom stereocenters. The Labute approximate surface area is 188 Å². The molecule has 2 aromatic rings. The number of hydrogen-bond donors (Lipinski definition) is 2. The molecule has 2 heterocycles. The van der Waals surface area contributed by atoms with Crippen LogP contribution >= 0.6 is 0 Å². The van der Waals surface area contributed by atoms with E-state index in [2.05, 4.69) is 56.7 Å². The van der Waals surface area contributed by atoms with Gasteiger partial charge in [0.25, 0.3) is 0 Å². The van der Waals surface area contributed by atoms with Gasteiger partial charge in [-0.05, 0) is 79.8 Å². The van der Waals surface area contributed by atoms with Crippen molar-refractivity contribution in [2.24, 2.45) is 9.98 Å². The highest BCUT2D eigenvalue weighted by Crippen LogP contribution is 2.31. The minimum absolute atomic E-state index is 0.242. The molecule has 0 spiro atoms. The number of nitrogens with one attached hydrogen (secondary N) is 2. The summed E-state index contributed by atoms with van der Waals surface area (Å²) < 4.78 is 18.8. The van der Waals surface area contributed by atoms with E-state index in [1.807, 2.05) is 6.34 Å². The Morgan fingerprint density at radius 3 is 2.78 bits per heavy atom. The first-order valence-corrected chi connectivity index (χ1v) is 11.1. The van der Waals surface area contributed by atoms with Crippen LogP contribution < -0.4 is 20.3 Å². The van der Waals surface area contributed by atoms with E-state index in [1.165, 1.54) is 17.7 Å². The van der Waals surface area contributed by atoms with Crippen LogP contribution in [0.2, 0.25) is 0 Å². The molecule has 168 valence electrons. The maximum absolute atomic E-state index is 13.1. The second kappa shape index (κ2) is 10.3. The quantitative estimate of drug-likeness (QED) is 0.646. The third kappa shape index (κ3) is 5.46. The molecule has 4 rings (SSSR count). The summed E-state index contributed by atoms with van der Waals surface area (Å²) in [6, 6.07) is 13.0. The van der Waals surface area contributed by atoms with Crippen molar-refractivity contribution in [3.63, 3.8) is 0 Å². The van der Waals surface area contributed by atoms with E-state index in [4.69, 9.17) is 4.74 Å². The van der Waals surface area contributed by atoms with Crippen LogP contribution in [-0.4, -0.2) is 45.1 Å². The number of ether oxygens (including phenoxy) is 1. The summed E-state index contributed by atoms with van der Waals surface area (Å²) in [5.41, 5.74) is 4.13. The molecule has 0 bridgehead atoms. The fourth-order valence-corrected chi connectivity index (χ4v) is 3.85. The first kappa shape index (κ1) is 21.9. The SMILES string of the molecule is COc1cc(/C=C2\CCCN=C2NCNc2ccc(F)cc2)ccc1N1C=NC(C)CC1. The van der Waals surface area contributed by atoms with E-state index >= 15 is 0 Å². The number of benzene rings is 2. The Morgan fingerprint density at radius 1 is 1.19 bits per heavy atom. The van der Waals surface area contributed by atoms with Crippen molar-refractivity contribution >= 4 is 29.6 Å². The summed E-state index contributed by atoms with van der Waals surface area (Å²) in [4.78, 5) is 11.3.